The molecule has 0 heterocycles. The fraction of sp³-hybridized carbons (Fsp3) is 0.600. The first-order valence-electron chi connectivity index (χ1n) is 2.15. The van der Waals surface area contributed by atoms with E-state index in [-0.39, 0.29) is 0 Å². The molecular formula is C5H11N. The van der Waals surface area contributed by atoms with E-state index in [0.29, 0.717) is 5.92 Å². The number of rotatable bonds is 1. The first-order valence-corrected chi connectivity index (χ1v) is 2.15. The Kier molecular flexibility index (Phi) is 2.55. The zero-order valence-corrected chi connectivity index (χ0v) is 4.31. The first-order chi connectivity index (χ1) is 2.77. The maximum absolute atomic E-state index is 5.05. The van der Waals surface area contributed by atoms with Crippen molar-refractivity contribution in [2.24, 2.45) is 11.7 Å². The molecular weight excluding hydrogens is 74.1 g/mol. The molecule has 0 saturated heterocycles. The second-order valence-electron chi connectivity index (χ2n) is 1.63. The summed E-state index contributed by atoms with van der Waals surface area (Å²) >= 11 is 0. The molecule has 0 spiro atoms. The van der Waals surface area contributed by atoms with Gasteiger partial charge in [0.1, 0.15) is 0 Å². The van der Waals surface area contributed by atoms with Crippen molar-refractivity contribution in [2.75, 3.05) is 0 Å². The van der Waals surface area contributed by atoms with Crippen molar-refractivity contribution in [3.8, 4) is 0 Å². The summed E-state index contributed by atoms with van der Waals surface area (Å²) in [5.41, 5.74) is 5.05. The number of hydrogen-bond acceptors (Lipinski definition) is 1. The van der Waals surface area contributed by atoms with E-state index in [1.807, 2.05) is 6.08 Å². The summed E-state index contributed by atoms with van der Waals surface area (Å²) in [7, 11) is 0. The van der Waals surface area contributed by atoms with Gasteiger partial charge in [-0.1, -0.05) is 19.9 Å². The minimum absolute atomic E-state index is 0.593. The maximum atomic E-state index is 5.05. The van der Waals surface area contributed by atoms with Gasteiger partial charge in [-0.05, 0) is 12.1 Å². The van der Waals surface area contributed by atoms with Gasteiger partial charge < -0.3 is 5.73 Å². The SMILES string of the molecule is CC(C)/C=C/N. The zero-order chi connectivity index (χ0) is 4.99. The van der Waals surface area contributed by atoms with Gasteiger partial charge in [-0.2, -0.15) is 0 Å². The minimum atomic E-state index is 0.593. The van der Waals surface area contributed by atoms with E-state index in [4.69, 9.17) is 5.73 Å². The second-order valence-corrected chi connectivity index (χ2v) is 1.63. The van der Waals surface area contributed by atoms with E-state index in [9.17, 15) is 0 Å². The van der Waals surface area contributed by atoms with E-state index in [1.54, 1.807) is 6.20 Å². The van der Waals surface area contributed by atoms with Crippen LogP contribution in [0.15, 0.2) is 12.3 Å². The van der Waals surface area contributed by atoms with Crippen LogP contribution in [0.3, 0.4) is 0 Å². The Morgan fingerprint density at radius 3 is 2.00 bits per heavy atom. The standard InChI is InChI=1S/C5H11N/c1-5(2)3-4-6/h3-5H,6H2,1-2H3/b4-3+. The van der Waals surface area contributed by atoms with E-state index in [2.05, 4.69) is 13.8 Å². The van der Waals surface area contributed by atoms with Crippen molar-refractivity contribution in [2.45, 2.75) is 13.8 Å². The molecule has 0 unspecified atom stereocenters. The van der Waals surface area contributed by atoms with Gasteiger partial charge in [0.15, 0.2) is 0 Å². The molecule has 1 heteroatoms. The lowest BCUT2D eigenvalue weighted by Crippen LogP contribution is -1.81. The highest BCUT2D eigenvalue weighted by atomic mass is 14.5. The van der Waals surface area contributed by atoms with Gasteiger partial charge in [0.2, 0.25) is 0 Å². The topological polar surface area (TPSA) is 26.0 Å². The molecule has 0 aromatic rings. The van der Waals surface area contributed by atoms with Crippen LogP contribution in [0.1, 0.15) is 13.8 Å². The Labute approximate surface area is 38.8 Å². The number of nitrogens with two attached hydrogens (primary N) is 1. The molecule has 0 atom stereocenters. The minimum Gasteiger partial charge on any atom is -0.405 e. The average molecular weight is 85.2 g/mol. The second kappa shape index (κ2) is 2.76. The van der Waals surface area contributed by atoms with Gasteiger partial charge in [-0.3, -0.25) is 0 Å². The molecule has 0 radical (unpaired) electrons. The van der Waals surface area contributed by atoms with Crippen molar-refractivity contribution in [1.29, 1.82) is 0 Å². The predicted molar refractivity (Wildman–Crippen MR) is 28.2 cm³/mol. The molecule has 0 amide bonds. The Balaban J connectivity index is 3.03. The Hall–Kier alpha value is -0.460. The molecule has 0 rings (SSSR count). The van der Waals surface area contributed by atoms with E-state index in [1.165, 1.54) is 0 Å². The Bertz CT molecular complexity index is 45.9. The average Bonchev–Trinajstić information content (AvgIpc) is 1.35. The highest BCUT2D eigenvalue weighted by Crippen LogP contribution is 1.88. The summed E-state index contributed by atoms with van der Waals surface area (Å²) in [4.78, 5) is 0. The van der Waals surface area contributed by atoms with Gasteiger partial charge in [0, 0.05) is 0 Å². The smallest absolute Gasteiger partial charge is 0.0100 e. The van der Waals surface area contributed by atoms with E-state index in [0.717, 1.165) is 0 Å². The molecule has 0 fully saturated rings. The highest BCUT2D eigenvalue weighted by molar-refractivity contribution is 4.78. The zero-order valence-electron chi connectivity index (χ0n) is 4.31. The lowest BCUT2D eigenvalue weighted by molar-refractivity contribution is 0.829. The predicted octanol–water partition coefficient (Wildman–Crippen LogP) is 1.11. The molecule has 0 saturated carbocycles. The quantitative estimate of drug-likeness (QED) is 0.507. The summed E-state index contributed by atoms with van der Waals surface area (Å²) < 4.78 is 0. The van der Waals surface area contributed by atoms with Crippen LogP contribution in [0.5, 0.6) is 0 Å². The molecule has 0 bridgehead atoms. The molecule has 6 heavy (non-hydrogen) atoms. The third-order valence-corrected chi connectivity index (χ3v) is 0.496. The lowest BCUT2D eigenvalue weighted by atomic mass is 10.2. The molecule has 2 N–H and O–H groups in total. The molecule has 0 aromatic carbocycles. The van der Waals surface area contributed by atoms with Gasteiger partial charge in [-0.25, -0.2) is 0 Å². The monoisotopic (exact) mass is 85.1 g/mol. The van der Waals surface area contributed by atoms with Gasteiger partial charge in [0.05, 0.1) is 0 Å². The highest BCUT2D eigenvalue weighted by Gasteiger charge is 1.76. The Morgan fingerprint density at radius 2 is 2.00 bits per heavy atom. The van der Waals surface area contributed by atoms with Crippen LogP contribution in [0.4, 0.5) is 0 Å². The molecule has 0 aliphatic heterocycles. The Morgan fingerprint density at radius 1 is 1.50 bits per heavy atom. The van der Waals surface area contributed by atoms with Gasteiger partial charge in [0.25, 0.3) is 0 Å². The van der Waals surface area contributed by atoms with Crippen LogP contribution in [0.25, 0.3) is 0 Å². The van der Waals surface area contributed by atoms with Gasteiger partial charge >= 0.3 is 0 Å². The van der Waals surface area contributed by atoms with Crippen molar-refractivity contribution >= 4 is 0 Å². The fourth-order valence-electron chi connectivity index (χ4n) is 0.222. The third kappa shape index (κ3) is 3.54. The molecule has 36 valence electrons. The lowest BCUT2D eigenvalue weighted by Gasteiger charge is -1.86. The van der Waals surface area contributed by atoms with Crippen LogP contribution in [-0.4, -0.2) is 0 Å². The van der Waals surface area contributed by atoms with Crippen molar-refractivity contribution in [3.63, 3.8) is 0 Å². The van der Waals surface area contributed by atoms with Crippen molar-refractivity contribution in [3.05, 3.63) is 12.3 Å². The summed E-state index contributed by atoms with van der Waals surface area (Å²) in [5.74, 6) is 0.593. The number of hydrogen-bond donors (Lipinski definition) is 1. The summed E-state index contributed by atoms with van der Waals surface area (Å²) in [6.45, 7) is 4.17. The van der Waals surface area contributed by atoms with Crippen LogP contribution in [0, 0.1) is 5.92 Å². The largest absolute Gasteiger partial charge is 0.405 e. The third-order valence-electron chi connectivity index (χ3n) is 0.496. The van der Waals surface area contributed by atoms with Crippen LogP contribution >= 0.6 is 0 Å². The van der Waals surface area contributed by atoms with E-state index >= 15 is 0 Å². The first kappa shape index (κ1) is 5.54. The number of allylic oxidation sites excluding steroid dienone is 1. The van der Waals surface area contributed by atoms with Crippen LogP contribution in [0.2, 0.25) is 0 Å². The fourth-order valence-corrected chi connectivity index (χ4v) is 0.222. The molecule has 0 aliphatic carbocycles. The van der Waals surface area contributed by atoms with Crippen LogP contribution < -0.4 is 5.73 Å². The van der Waals surface area contributed by atoms with Crippen LogP contribution in [-0.2, 0) is 0 Å². The van der Waals surface area contributed by atoms with Gasteiger partial charge in [-0.15, -0.1) is 0 Å². The van der Waals surface area contributed by atoms with Crippen molar-refractivity contribution in [1.82, 2.24) is 0 Å². The molecule has 0 aliphatic rings. The maximum Gasteiger partial charge on any atom is -0.0100 e. The molecule has 1 nitrogen and oxygen atoms in total. The normalized spacial score (nSPS) is 11.2. The summed E-state index contributed by atoms with van der Waals surface area (Å²) in [6.07, 6.45) is 3.52. The van der Waals surface area contributed by atoms with Crippen molar-refractivity contribution < 1.29 is 0 Å². The summed E-state index contributed by atoms with van der Waals surface area (Å²) in [5, 5.41) is 0. The molecule has 0 aromatic heterocycles. The summed E-state index contributed by atoms with van der Waals surface area (Å²) in [6, 6.07) is 0. The van der Waals surface area contributed by atoms with E-state index < -0.39 is 0 Å².